The number of aromatic carboxylic acids is 1. The maximum absolute atomic E-state index is 13.1. The van der Waals surface area contributed by atoms with E-state index in [0.717, 1.165) is 13.0 Å². The molecule has 4 rings (SSSR count). The molecule has 2 aliphatic rings. The molecule has 1 saturated heterocycles. The number of hydrogen-bond acceptors (Lipinski definition) is 8. The van der Waals surface area contributed by atoms with Gasteiger partial charge in [-0.25, -0.2) is 19.6 Å². The predicted octanol–water partition coefficient (Wildman–Crippen LogP) is 0.538. The van der Waals surface area contributed by atoms with Crippen molar-refractivity contribution in [1.82, 2.24) is 9.97 Å². The van der Waals surface area contributed by atoms with Crippen LogP contribution in [0.15, 0.2) is 30.5 Å². The molecule has 0 spiro atoms. The smallest absolute Gasteiger partial charge is 0.354 e. The number of anilines is 3. The number of carbonyl (C=O) groups excluding carboxylic acids is 1. The summed E-state index contributed by atoms with van der Waals surface area (Å²) in [7, 11) is 0. The van der Waals surface area contributed by atoms with Crippen LogP contribution in [0.3, 0.4) is 0 Å². The van der Waals surface area contributed by atoms with E-state index in [1.54, 1.807) is 12.1 Å². The van der Waals surface area contributed by atoms with Gasteiger partial charge in [-0.3, -0.25) is 10.2 Å². The Bertz CT molecular complexity index is 970. The van der Waals surface area contributed by atoms with Crippen LogP contribution in [0.5, 0.6) is 5.75 Å². The van der Waals surface area contributed by atoms with Gasteiger partial charge in [0.25, 0.3) is 0 Å². The van der Waals surface area contributed by atoms with Crippen molar-refractivity contribution in [3.05, 3.63) is 36.2 Å². The number of ether oxygens (including phenoxy) is 1. The zero-order chi connectivity index (χ0) is 21.3. The normalized spacial score (nSPS) is 18.0. The maximum atomic E-state index is 13.1. The van der Waals surface area contributed by atoms with Crippen LogP contribution in [0.1, 0.15) is 16.9 Å². The van der Waals surface area contributed by atoms with E-state index in [2.05, 4.69) is 20.2 Å². The Balaban J connectivity index is 1.56. The summed E-state index contributed by atoms with van der Waals surface area (Å²) in [5, 5.41) is 30.2. The summed E-state index contributed by atoms with van der Waals surface area (Å²) >= 11 is 0. The third-order valence-corrected chi connectivity index (χ3v) is 5.01. The molecule has 2 atom stereocenters. The number of pyridine rings is 2. The third kappa shape index (κ3) is 3.84. The lowest BCUT2D eigenvalue weighted by atomic mass is 10.2. The molecule has 2 bridgehead atoms. The van der Waals surface area contributed by atoms with Crippen molar-refractivity contribution in [2.75, 3.05) is 41.4 Å². The Morgan fingerprint density at radius 2 is 2.17 bits per heavy atom. The number of carboxylic acids is 1. The van der Waals surface area contributed by atoms with E-state index < -0.39 is 24.7 Å². The Hall–Kier alpha value is -3.44. The summed E-state index contributed by atoms with van der Waals surface area (Å²) in [6, 6.07) is 5.55. The highest BCUT2D eigenvalue weighted by Gasteiger charge is 2.40. The second kappa shape index (κ2) is 8.13. The minimum atomic E-state index is -1.16. The predicted molar refractivity (Wildman–Crippen MR) is 106 cm³/mol. The number of amides is 2. The van der Waals surface area contributed by atoms with Gasteiger partial charge in [0.1, 0.15) is 24.3 Å². The molecule has 2 aliphatic heterocycles. The van der Waals surface area contributed by atoms with Crippen LogP contribution in [-0.2, 0) is 0 Å². The molecule has 0 saturated carbocycles. The quantitative estimate of drug-likeness (QED) is 0.530. The van der Waals surface area contributed by atoms with Gasteiger partial charge >= 0.3 is 12.0 Å². The SMILES string of the molecule is O=C(O)c1ccc2c(n1)N(C(=O)Nc1cc(OC[C@H](O)CO)ccn1)C1CCN2C1. The molecule has 2 aromatic heterocycles. The molecule has 1 fully saturated rings. The van der Waals surface area contributed by atoms with Crippen LogP contribution < -0.4 is 19.9 Å². The van der Waals surface area contributed by atoms with E-state index >= 15 is 0 Å². The van der Waals surface area contributed by atoms with E-state index in [0.29, 0.717) is 23.8 Å². The van der Waals surface area contributed by atoms with Crippen LogP contribution in [0, 0.1) is 0 Å². The average Bonchev–Trinajstić information content (AvgIpc) is 3.16. The van der Waals surface area contributed by atoms with Gasteiger partial charge in [0.2, 0.25) is 0 Å². The van der Waals surface area contributed by atoms with Crippen molar-refractivity contribution in [3.8, 4) is 5.75 Å². The Labute approximate surface area is 171 Å². The second-order valence-electron chi connectivity index (χ2n) is 7.06. The van der Waals surface area contributed by atoms with E-state index in [1.165, 1.54) is 23.2 Å². The van der Waals surface area contributed by atoms with Crippen molar-refractivity contribution in [3.63, 3.8) is 0 Å². The molecule has 0 radical (unpaired) electrons. The maximum Gasteiger partial charge on any atom is 0.354 e. The summed E-state index contributed by atoms with van der Waals surface area (Å²) in [5.74, 6) is -0.264. The van der Waals surface area contributed by atoms with Crippen molar-refractivity contribution < 1.29 is 29.6 Å². The molecule has 158 valence electrons. The highest BCUT2D eigenvalue weighted by atomic mass is 16.5. The van der Waals surface area contributed by atoms with Crippen molar-refractivity contribution in [2.24, 2.45) is 0 Å². The van der Waals surface area contributed by atoms with Crippen molar-refractivity contribution in [2.45, 2.75) is 18.6 Å². The second-order valence-corrected chi connectivity index (χ2v) is 7.06. The highest BCUT2D eigenvalue weighted by molar-refractivity contribution is 6.04. The minimum Gasteiger partial charge on any atom is -0.491 e. The molecule has 0 aliphatic carbocycles. The number of aliphatic hydroxyl groups excluding tert-OH is 2. The van der Waals surface area contributed by atoms with Gasteiger partial charge in [0.15, 0.2) is 11.5 Å². The molecule has 4 N–H and O–H groups in total. The van der Waals surface area contributed by atoms with E-state index in [1.807, 2.05) is 0 Å². The lowest BCUT2D eigenvalue weighted by Gasteiger charge is -2.35. The number of carboxylic acid groups (broad SMARTS) is 1. The first kappa shape index (κ1) is 19.9. The van der Waals surface area contributed by atoms with Crippen LogP contribution in [0.4, 0.5) is 22.1 Å². The standard InChI is InChI=1S/C19H21N5O6/c25-9-12(26)10-30-13-3-5-20-16(7-13)22-19(29)24-11-4-6-23(8-11)15-2-1-14(18(27)28)21-17(15)24/h1-3,5,7,11-12,25-26H,4,6,8-10H2,(H,27,28)(H,20,22,29)/t11?,12-/m1/s1. The lowest BCUT2D eigenvalue weighted by molar-refractivity contribution is 0.0536. The van der Waals surface area contributed by atoms with Crippen LogP contribution in [0.25, 0.3) is 0 Å². The lowest BCUT2D eigenvalue weighted by Crippen LogP contribution is -2.48. The summed E-state index contributed by atoms with van der Waals surface area (Å²) in [5.41, 5.74) is 0.581. The Morgan fingerprint density at radius 3 is 2.93 bits per heavy atom. The summed E-state index contributed by atoms with van der Waals surface area (Å²) in [6.07, 6.45) is 1.17. The van der Waals surface area contributed by atoms with Crippen molar-refractivity contribution in [1.29, 1.82) is 0 Å². The van der Waals surface area contributed by atoms with E-state index in [9.17, 15) is 19.8 Å². The number of rotatable bonds is 6. The van der Waals surface area contributed by atoms with Crippen LogP contribution in [-0.4, -0.2) is 75.7 Å². The zero-order valence-electron chi connectivity index (χ0n) is 15.9. The van der Waals surface area contributed by atoms with Gasteiger partial charge in [-0.1, -0.05) is 0 Å². The number of aromatic nitrogens is 2. The molecule has 0 aromatic carbocycles. The van der Waals surface area contributed by atoms with Gasteiger partial charge in [-0.2, -0.15) is 0 Å². The first-order valence-corrected chi connectivity index (χ1v) is 9.43. The summed E-state index contributed by atoms with van der Waals surface area (Å²) in [6.45, 7) is 0.869. The Kier molecular flexibility index (Phi) is 5.38. The molecular formula is C19H21N5O6. The molecule has 11 nitrogen and oxygen atoms in total. The van der Waals surface area contributed by atoms with Crippen LogP contribution >= 0.6 is 0 Å². The fourth-order valence-corrected chi connectivity index (χ4v) is 3.57. The number of carbonyl (C=O) groups is 2. The minimum absolute atomic E-state index is 0.104. The van der Waals surface area contributed by atoms with Gasteiger partial charge in [0, 0.05) is 25.4 Å². The number of hydrogen-bond donors (Lipinski definition) is 4. The molecule has 11 heteroatoms. The number of fused-ring (bicyclic) bond motifs is 4. The largest absolute Gasteiger partial charge is 0.491 e. The third-order valence-electron chi connectivity index (χ3n) is 5.01. The number of nitrogens with zero attached hydrogens (tertiary/aromatic N) is 4. The van der Waals surface area contributed by atoms with Gasteiger partial charge in [-0.05, 0) is 24.6 Å². The monoisotopic (exact) mass is 415 g/mol. The topological polar surface area (TPSA) is 148 Å². The average molecular weight is 415 g/mol. The molecule has 2 amide bonds. The first-order chi connectivity index (χ1) is 14.5. The number of urea groups is 1. The zero-order valence-corrected chi connectivity index (χ0v) is 15.9. The van der Waals surface area contributed by atoms with E-state index in [4.69, 9.17) is 9.84 Å². The fraction of sp³-hybridized carbons (Fsp3) is 0.368. The number of aliphatic hydroxyl groups is 2. The van der Waals surface area contributed by atoms with Crippen LogP contribution in [0.2, 0.25) is 0 Å². The molecule has 1 unspecified atom stereocenters. The van der Waals surface area contributed by atoms with Gasteiger partial charge < -0.3 is 25.0 Å². The fourth-order valence-electron chi connectivity index (χ4n) is 3.57. The molecule has 2 aromatic rings. The Morgan fingerprint density at radius 1 is 1.33 bits per heavy atom. The first-order valence-electron chi connectivity index (χ1n) is 9.43. The number of nitrogens with one attached hydrogen (secondary N) is 1. The molecule has 30 heavy (non-hydrogen) atoms. The summed E-state index contributed by atoms with van der Waals surface area (Å²) < 4.78 is 5.37. The molecular weight excluding hydrogens is 394 g/mol. The molecule has 4 heterocycles. The van der Waals surface area contributed by atoms with E-state index in [-0.39, 0.29) is 24.2 Å². The highest BCUT2D eigenvalue weighted by Crippen LogP contribution is 2.39. The van der Waals surface area contributed by atoms with Crippen molar-refractivity contribution >= 4 is 29.3 Å². The van der Waals surface area contributed by atoms with Gasteiger partial charge in [-0.15, -0.1) is 0 Å². The van der Waals surface area contributed by atoms with Gasteiger partial charge in [0.05, 0.1) is 18.3 Å². The summed E-state index contributed by atoms with van der Waals surface area (Å²) in [4.78, 5) is 36.3.